The summed E-state index contributed by atoms with van der Waals surface area (Å²) in [6.07, 6.45) is 5.24. The molecule has 1 fully saturated rings. The van der Waals surface area contributed by atoms with E-state index in [1.807, 2.05) is 36.4 Å². The summed E-state index contributed by atoms with van der Waals surface area (Å²) in [5, 5.41) is 8.87. The Bertz CT molecular complexity index is 682. The topological polar surface area (TPSA) is 55.8 Å². The zero-order valence-electron chi connectivity index (χ0n) is 12.6. The highest BCUT2D eigenvalue weighted by molar-refractivity contribution is 5.88. The monoisotopic (exact) mass is 310 g/mol. The van der Waals surface area contributed by atoms with E-state index in [1.54, 1.807) is 24.3 Å². The molecule has 1 atom stereocenters. The maximum atomic E-state index is 10.8. The lowest BCUT2D eigenvalue weighted by Gasteiger charge is -2.26. The molecule has 0 spiro atoms. The lowest BCUT2D eigenvalue weighted by atomic mass is 10.1. The second kappa shape index (κ2) is 7.11. The van der Waals surface area contributed by atoms with Gasteiger partial charge in [0.25, 0.3) is 0 Å². The van der Waals surface area contributed by atoms with Gasteiger partial charge in [-0.2, -0.15) is 0 Å². The van der Waals surface area contributed by atoms with Crippen molar-refractivity contribution >= 4 is 18.1 Å². The largest absolute Gasteiger partial charge is 0.491 e. The molecule has 0 saturated carbocycles. The SMILES string of the molecule is O=C(O)c1ccc(C=Cc2ccc(OCC3CCO3)cc2)cc1. The fourth-order valence-corrected chi connectivity index (χ4v) is 2.21. The third-order valence-electron chi connectivity index (χ3n) is 3.74. The van der Waals surface area contributed by atoms with Gasteiger partial charge in [0, 0.05) is 13.0 Å². The van der Waals surface area contributed by atoms with E-state index in [9.17, 15) is 4.79 Å². The predicted molar refractivity (Wildman–Crippen MR) is 88.6 cm³/mol. The summed E-state index contributed by atoms with van der Waals surface area (Å²) in [7, 11) is 0. The van der Waals surface area contributed by atoms with Gasteiger partial charge in [0.05, 0.1) is 11.7 Å². The number of hydrogen-bond acceptors (Lipinski definition) is 3. The highest BCUT2D eigenvalue weighted by atomic mass is 16.5. The fourth-order valence-electron chi connectivity index (χ4n) is 2.21. The molecule has 0 radical (unpaired) electrons. The Labute approximate surface area is 135 Å². The van der Waals surface area contributed by atoms with E-state index in [1.165, 1.54) is 0 Å². The van der Waals surface area contributed by atoms with E-state index in [4.69, 9.17) is 14.6 Å². The van der Waals surface area contributed by atoms with Gasteiger partial charge in [-0.05, 0) is 35.4 Å². The summed E-state index contributed by atoms with van der Waals surface area (Å²) in [6, 6.07) is 14.6. The molecule has 2 aromatic rings. The molecule has 118 valence electrons. The van der Waals surface area contributed by atoms with Gasteiger partial charge in [-0.25, -0.2) is 4.79 Å². The van der Waals surface area contributed by atoms with Crippen molar-refractivity contribution in [2.75, 3.05) is 13.2 Å². The first-order chi connectivity index (χ1) is 11.2. The van der Waals surface area contributed by atoms with E-state index < -0.39 is 5.97 Å². The van der Waals surface area contributed by atoms with E-state index in [0.717, 1.165) is 29.9 Å². The molecule has 1 saturated heterocycles. The van der Waals surface area contributed by atoms with Crippen LogP contribution in [0.5, 0.6) is 5.75 Å². The minimum atomic E-state index is -0.914. The van der Waals surface area contributed by atoms with Crippen molar-refractivity contribution in [1.29, 1.82) is 0 Å². The van der Waals surface area contributed by atoms with Gasteiger partial charge < -0.3 is 14.6 Å². The van der Waals surface area contributed by atoms with Crippen molar-refractivity contribution in [2.24, 2.45) is 0 Å². The van der Waals surface area contributed by atoms with Crippen LogP contribution in [0.3, 0.4) is 0 Å². The first-order valence-electron chi connectivity index (χ1n) is 7.56. The molecule has 3 rings (SSSR count). The van der Waals surface area contributed by atoms with Crippen LogP contribution in [-0.4, -0.2) is 30.4 Å². The zero-order chi connectivity index (χ0) is 16.1. The molecule has 1 unspecified atom stereocenters. The van der Waals surface area contributed by atoms with Crippen LogP contribution >= 0.6 is 0 Å². The van der Waals surface area contributed by atoms with E-state index in [2.05, 4.69) is 0 Å². The third-order valence-corrected chi connectivity index (χ3v) is 3.74. The highest BCUT2D eigenvalue weighted by Crippen LogP contribution is 2.17. The van der Waals surface area contributed by atoms with Crippen LogP contribution in [0.4, 0.5) is 0 Å². The van der Waals surface area contributed by atoms with Crippen LogP contribution in [0.1, 0.15) is 27.9 Å². The van der Waals surface area contributed by atoms with E-state index >= 15 is 0 Å². The maximum Gasteiger partial charge on any atom is 0.335 e. The smallest absolute Gasteiger partial charge is 0.335 e. The van der Waals surface area contributed by atoms with Crippen molar-refractivity contribution in [3.05, 3.63) is 65.2 Å². The number of carboxylic acid groups (broad SMARTS) is 1. The molecular weight excluding hydrogens is 292 g/mol. The van der Waals surface area contributed by atoms with Gasteiger partial charge in [0.1, 0.15) is 12.4 Å². The van der Waals surface area contributed by atoms with Crippen molar-refractivity contribution < 1.29 is 19.4 Å². The van der Waals surface area contributed by atoms with Gasteiger partial charge in [-0.1, -0.05) is 36.4 Å². The lowest BCUT2D eigenvalue weighted by Crippen LogP contribution is -2.32. The first-order valence-corrected chi connectivity index (χ1v) is 7.56. The zero-order valence-corrected chi connectivity index (χ0v) is 12.6. The molecule has 4 nitrogen and oxygen atoms in total. The summed E-state index contributed by atoms with van der Waals surface area (Å²) in [5.74, 6) is -0.0770. The number of carbonyl (C=O) groups is 1. The summed E-state index contributed by atoms with van der Waals surface area (Å²) in [5.41, 5.74) is 2.30. The normalized spacial score (nSPS) is 17.0. The maximum absolute atomic E-state index is 10.8. The van der Waals surface area contributed by atoms with Gasteiger partial charge in [-0.15, -0.1) is 0 Å². The summed E-state index contributed by atoms with van der Waals surface area (Å²) in [6.45, 7) is 1.44. The van der Waals surface area contributed by atoms with Crippen molar-refractivity contribution in [3.8, 4) is 5.75 Å². The van der Waals surface area contributed by atoms with Crippen LogP contribution in [0.15, 0.2) is 48.5 Å². The van der Waals surface area contributed by atoms with E-state index in [0.29, 0.717) is 12.2 Å². The Kier molecular flexibility index (Phi) is 4.74. The molecule has 1 heterocycles. The summed E-state index contributed by atoms with van der Waals surface area (Å²) >= 11 is 0. The predicted octanol–water partition coefficient (Wildman–Crippen LogP) is 3.72. The molecular formula is C19H18O4. The Morgan fingerprint density at radius 2 is 1.65 bits per heavy atom. The van der Waals surface area contributed by atoms with Gasteiger partial charge in [0.15, 0.2) is 0 Å². The number of rotatable bonds is 6. The molecule has 1 aliphatic heterocycles. The molecule has 23 heavy (non-hydrogen) atoms. The number of ether oxygens (including phenoxy) is 2. The minimum absolute atomic E-state index is 0.239. The number of benzene rings is 2. The van der Waals surface area contributed by atoms with E-state index in [-0.39, 0.29) is 6.10 Å². The second-order valence-electron chi connectivity index (χ2n) is 5.42. The van der Waals surface area contributed by atoms with Crippen molar-refractivity contribution in [3.63, 3.8) is 0 Å². The van der Waals surface area contributed by atoms with Gasteiger partial charge in [-0.3, -0.25) is 0 Å². The second-order valence-corrected chi connectivity index (χ2v) is 5.42. The highest BCUT2D eigenvalue weighted by Gasteiger charge is 2.18. The molecule has 1 aliphatic rings. The molecule has 2 aromatic carbocycles. The Hall–Kier alpha value is -2.59. The van der Waals surface area contributed by atoms with Gasteiger partial charge in [0.2, 0.25) is 0 Å². The van der Waals surface area contributed by atoms with Crippen LogP contribution in [0.25, 0.3) is 12.2 Å². The molecule has 0 aliphatic carbocycles. The van der Waals surface area contributed by atoms with Crippen LogP contribution in [0.2, 0.25) is 0 Å². The Morgan fingerprint density at radius 3 is 2.13 bits per heavy atom. The van der Waals surface area contributed by atoms with Crippen LogP contribution < -0.4 is 4.74 Å². The molecule has 0 bridgehead atoms. The number of aromatic carboxylic acids is 1. The fraction of sp³-hybridized carbons (Fsp3) is 0.211. The molecule has 4 heteroatoms. The molecule has 0 amide bonds. The number of hydrogen-bond donors (Lipinski definition) is 1. The Morgan fingerprint density at radius 1 is 1.09 bits per heavy atom. The van der Waals surface area contributed by atoms with Gasteiger partial charge >= 0.3 is 5.97 Å². The quantitative estimate of drug-likeness (QED) is 0.826. The summed E-state index contributed by atoms with van der Waals surface area (Å²) < 4.78 is 11.0. The van der Waals surface area contributed by atoms with Crippen LogP contribution in [-0.2, 0) is 4.74 Å². The van der Waals surface area contributed by atoms with Crippen LogP contribution in [0, 0.1) is 0 Å². The first kappa shape index (κ1) is 15.3. The third kappa shape index (κ3) is 4.20. The van der Waals surface area contributed by atoms with Crippen molar-refractivity contribution in [2.45, 2.75) is 12.5 Å². The molecule has 1 N–H and O–H groups in total. The Balaban J connectivity index is 1.57. The summed E-state index contributed by atoms with van der Waals surface area (Å²) in [4.78, 5) is 10.8. The van der Waals surface area contributed by atoms with Crippen molar-refractivity contribution in [1.82, 2.24) is 0 Å². The average molecular weight is 310 g/mol. The lowest BCUT2D eigenvalue weighted by molar-refractivity contribution is -0.0720. The number of carboxylic acids is 1. The average Bonchev–Trinajstić information content (AvgIpc) is 2.53. The standard InChI is InChI=1S/C19H18O4/c20-19(21)16-7-3-14(4-8-16)1-2-15-5-9-17(10-6-15)23-13-18-11-12-22-18/h1-10,18H,11-13H2,(H,20,21). The minimum Gasteiger partial charge on any atom is -0.491 e. The molecule has 0 aromatic heterocycles.